The monoisotopic (exact) mass is 358 g/mol. The highest BCUT2D eigenvalue weighted by Gasteiger charge is 2.24. The van der Waals surface area contributed by atoms with Crippen molar-refractivity contribution in [2.75, 3.05) is 32.7 Å². The van der Waals surface area contributed by atoms with Crippen molar-refractivity contribution in [3.63, 3.8) is 0 Å². The Morgan fingerprint density at radius 3 is 2.48 bits per heavy atom. The van der Waals surface area contributed by atoms with E-state index in [-0.39, 0.29) is 17.9 Å². The zero-order chi connectivity index (χ0) is 15.4. The molecule has 1 fully saturated rings. The van der Waals surface area contributed by atoms with Crippen LogP contribution in [0.2, 0.25) is 0 Å². The Morgan fingerprint density at radius 2 is 1.90 bits per heavy atom. The molecule has 1 N–H and O–H groups in total. The standard InChI is InChI=1S/C14H16BrFN2O3/c15-10-1-2-11(12(16)9-10)14(21)18-7-5-17(6-8-18)4-3-13(19)20/h1-2,9H,3-8H2,(H,19,20). The molecule has 0 atom stereocenters. The van der Waals surface area contributed by atoms with Gasteiger partial charge in [-0.2, -0.15) is 0 Å². The Labute approximate surface area is 130 Å². The van der Waals surface area contributed by atoms with Gasteiger partial charge in [0.1, 0.15) is 5.82 Å². The van der Waals surface area contributed by atoms with Crippen molar-refractivity contribution in [1.29, 1.82) is 0 Å². The third-order valence-electron chi connectivity index (χ3n) is 3.46. The van der Waals surface area contributed by atoms with Crippen LogP contribution in [0.4, 0.5) is 4.39 Å². The second-order valence-corrected chi connectivity index (χ2v) is 5.82. The molecule has 1 aliphatic heterocycles. The fraction of sp³-hybridized carbons (Fsp3) is 0.429. The average Bonchev–Trinajstić information content (AvgIpc) is 2.45. The molecule has 0 aromatic heterocycles. The van der Waals surface area contributed by atoms with Gasteiger partial charge >= 0.3 is 5.97 Å². The first-order chi connectivity index (χ1) is 9.97. The van der Waals surface area contributed by atoms with Gasteiger partial charge in [-0.05, 0) is 18.2 Å². The molecule has 21 heavy (non-hydrogen) atoms. The van der Waals surface area contributed by atoms with E-state index in [0.717, 1.165) is 0 Å². The van der Waals surface area contributed by atoms with Crippen molar-refractivity contribution < 1.29 is 19.1 Å². The number of carbonyl (C=O) groups is 2. The van der Waals surface area contributed by atoms with E-state index in [4.69, 9.17) is 5.11 Å². The normalized spacial score (nSPS) is 16.0. The lowest BCUT2D eigenvalue weighted by atomic mass is 10.1. The summed E-state index contributed by atoms with van der Waals surface area (Å²) in [5.74, 6) is -1.69. The lowest BCUT2D eigenvalue weighted by Gasteiger charge is -2.34. The molecule has 1 aliphatic rings. The number of amides is 1. The van der Waals surface area contributed by atoms with Crippen LogP contribution in [0.5, 0.6) is 0 Å². The van der Waals surface area contributed by atoms with Crippen LogP contribution < -0.4 is 0 Å². The van der Waals surface area contributed by atoms with Gasteiger partial charge in [0.2, 0.25) is 0 Å². The Balaban J connectivity index is 1.92. The third-order valence-corrected chi connectivity index (χ3v) is 3.96. The van der Waals surface area contributed by atoms with Gasteiger partial charge in [-0.3, -0.25) is 14.5 Å². The topological polar surface area (TPSA) is 60.9 Å². The fourth-order valence-corrected chi connectivity index (χ4v) is 2.59. The van der Waals surface area contributed by atoms with E-state index in [2.05, 4.69) is 15.9 Å². The molecule has 0 unspecified atom stereocenters. The van der Waals surface area contributed by atoms with Crippen LogP contribution in [0.3, 0.4) is 0 Å². The molecule has 1 aromatic carbocycles. The minimum atomic E-state index is -0.828. The molecule has 0 spiro atoms. The Kier molecular flexibility index (Phi) is 5.30. The molecular weight excluding hydrogens is 343 g/mol. The van der Waals surface area contributed by atoms with E-state index in [9.17, 15) is 14.0 Å². The third kappa shape index (κ3) is 4.25. The number of carbonyl (C=O) groups excluding carboxylic acids is 1. The molecule has 1 amide bonds. The van der Waals surface area contributed by atoms with Crippen molar-refractivity contribution >= 4 is 27.8 Å². The lowest BCUT2D eigenvalue weighted by Crippen LogP contribution is -2.49. The van der Waals surface area contributed by atoms with Gasteiger partial charge in [-0.15, -0.1) is 0 Å². The van der Waals surface area contributed by atoms with Crippen LogP contribution in [-0.2, 0) is 4.79 Å². The number of halogens is 2. The number of nitrogens with zero attached hydrogens (tertiary/aromatic N) is 2. The number of carboxylic acids is 1. The maximum Gasteiger partial charge on any atom is 0.304 e. The van der Waals surface area contributed by atoms with Gasteiger partial charge in [-0.1, -0.05) is 15.9 Å². The number of carboxylic acid groups (broad SMARTS) is 1. The van der Waals surface area contributed by atoms with Crippen molar-refractivity contribution in [3.8, 4) is 0 Å². The largest absolute Gasteiger partial charge is 0.481 e. The minimum Gasteiger partial charge on any atom is -0.481 e. The first kappa shape index (κ1) is 15.9. The molecule has 0 aliphatic carbocycles. The summed E-state index contributed by atoms with van der Waals surface area (Å²) < 4.78 is 14.4. The van der Waals surface area contributed by atoms with Gasteiger partial charge < -0.3 is 10.0 Å². The van der Waals surface area contributed by atoms with Crippen LogP contribution in [-0.4, -0.2) is 59.5 Å². The summed E-state index contributed by atoms with van der Waals surface area (Å²) in [4.78, 5) is 26.4. The van der Waals surface area contributed by atoms with Crippen LogP contribution in [0.1, 0.15) is 16.8 Å². The second kappa shape index (κ2) is 7.00. The van der Waals surface area contributed by atoms with Crippen LogP contribution >= 0.6 is 15.9 Å². The highest BCUT2D eigenvalue weighted by Crippen LogP contribution is 2.17. The van der Waals surface area contributed by atoms with Crippen molar-refractivity contribution in [2.45, 2.75) is 6.42 Å². The molecule has 1 heterocycles. The smallest absolute Gasteiger partial charge is 0.304 e. The van der Waals surface area contributed by atoms with E-state index < -0.39 is 11.8 Å². The maximum absolute atomic E-state index is 13.8. The van der Waals surface area contributed by atoms with Gasteiger partial charge in [0.15, 0.2) is 0 Å². The van der Waals surface area contributed by atoms with Gasteiger partial charge in [-0.25, -0.2) is 4.39 Å². The number of hydrogen-bond acceptors (Lipinski definition) is 3. The zero-order valence-electron chi connectivity index (χ0n) is 11.4. The van der Waals surface area contributed by atoms with E-state index >= 15 is 0 Å². The predicted octanol–water partition coefficient (Wildman–Crippen LogP) is 1.82. The van der Waals surface area contributed by atoms with E-state index in [1.54, 1.807) is 11.0 Å². The van der Waals surface area contributed by atoms with Crippen molar-refractivity contribution in [2.24, 2.45) is 0 Å². The number of aliphatic carboxylic acids is 1. The first-order valence-electron chi connectivity index (χ1n) is 6.66. The van der Waals surface area contributed by atoms with Crippen LogP contribution in [0.15, 0.2) is 22.7 Å². The highest BCUT2D eigenvalue weighted by molar-refractivity contribution is 9.10. The Morgan fingerprint density at radius 1 is 1.24 bits per heavy atom. The molecule has 0 saturated carbocycles. The molecule has 114 valence electrons. The van der Waals surface area contributed by atoms with Gasteiger partial charge in [0, 0.05) is 37.2 Å². The summed E-state index contributed by atoms with van der Waals surface area (Å²) in [7, 11) is 0. The summed E-state index contributed by atoms with van der Waals surface area (Å²) in [6.07, 6.45) is 0.0925. The number of benzene rings is 1. The van der Waals surface area contributed by atoms with Crippen molar-refractivity contribution in [1.82, 2.24) is 9.80 Å². The molecular formula is C14H16BrFN2O3. The molecule has 0 bridgehead atoms. The van der Waals surface area contributed by atoms with E-state index in [1.165, 1.54) is 12.1 Å². The summed E-state index contributed by atoms with van der Waals surface area (Å²) >= 11 is 3.16. The Hall–Kier alpha value is -1.47. The summed E-state index contributed by atoms with van der Waals surface area (Å²) in [5, 5.41) is 8.65. The van der Waals surface area contributed by atoms with Crippen LogP contribution in [0.25, 0.3) is 0 Å². The molecule has 0 radical (unpaired) electrons. The molecule has 7 heteroatoms. The van der Waals surface area contributed by atoms with E-state index in [1.807, 2.05) is 4.90 Å². The van der Waals surface area contributed by atoms with Crippen molar-refractivity contribution in [3.05, 3.63) is 34.1 Å². The van der Waals surface area contributed by atoms with E-state index in [0.29, 0.717) is 37.2 Å². The number of rotatable bonds is 4. The fourth-order valence-electron chi connectivity index (χ4n) is 2.26. The number of hydrogen-bond donors (Lipinski definition) is 1. The summed E-state index contributed by atoms with van der Waals surface area (Å²) in [6, 6.07) is 4.38. The highest BCUT2D eigenvalue weighted by atomic mass is 79.9. The molecule has 1 aromatic rings. The quantitative estimate of drug-likeness (QED) is 0.891. The average molecular weight is 359 g/mol. The van der Waals surface area contributed by atoms with Gasteiger partial charge in [0.25, 0.3) is 5.91 Å². The molecule has 2 rings (SSSR count). The summed E-state index contributed by atoms with van der Waals surface area (Å²) in [5.41, 5.74) is 0.0668. The SMILES string of the molecule is O=C(O)CCN1CCN(C(=O)c2ccc(Br)cc2F)CC1. The predicted molar refractivity (Wildman–Crippen MR) is 78.7 cm³/mol. The molecule has 1 saturated heterocycles. The maximum atomic E-state index is 13.8. The second-order valence-electron chi connectivity index (χ2n) is 4.90. The summed E-state index contributed by atoms with van der Waals surface area (Å²) in [6.45, 7) is 2.65. The van der Waals surface area contributed by atoms with Crippen LogP contribution in [0, 0.1) is 5.82 Å². The number of piperazine rings is 1. The minimum absolute atomic E-state index is 0.0668. The molecule has 5 nitrogen and oxygen atoms in total. The first-order valence-corrected chi connectivity index (χ1v) is 7.45. The lowest BCUT2D eigenvalue weighted by molar-refractivity contribution is -0.137. The van der Waals surface area contributed by atoms with Gasteiger partial charge in [0.05, 0.1) is 12.0 Å². The Bertz CT molecular complexity index is 545. The zero-order valence-corrected chi connectivity index (χ0v) is 13.0.